The summed E-state index contributed by atoms with van der Waals surface area (Å²) in [6.07, 6.45) is -1.49. The monoisotopic (exact) mass is 564 g/mol. The molecule has 0 radical (unpaired) electrons. The van der Waals surface area contributed by atoms with Gasteiger partial charge in [-0.05, 0) is 21.6 Å². The number of hydrogen-bond donors (Lipinski definition) is 3. The van der Waals surface area contributed by atoms with Gasteiger partial charge >= 0.3 is 35.5 Å². The summed E-state index contributed by atoms with van der Waals surface area (Å²) in [6.45, 7) is 0. The van der Waals surface area contributed by atoms with Crippen LogP contribution in [0, 0.1) is 0 Å². The molecule has 3 N–H and O–H groups in total. The van der Waals surface area contributed by atoms with E-state index in [1.54, 1.807) is 30.3 Å². The first-order chi connectivity index (χ1) is 16.6. The van der Waals surface area contributed by atoms with Crippen molar-refractivity contribution in [3.63, 3.8) is 0 Å². The molecule has 0 spiro atoms. The molecular formula is C18H17N6NaO8S3. The minimum absolute atomic E-state index is 0. The summed E-state index contributed by atoms with van der Waals surface area (Å²) < 4.78 is 33.8. The number of β-lactam (4-membered cyclic amide) rings is 1. The van der Waals surface area contributed by atoms with E-state index in [-0.39, 0.29) is 51.9 Å². The Labute approximate surface area is 234 Å². The maximum absolute atomic E-state index is 12.8. The summed E-state index contributed by atoms with van der Waals surface area (Å²) >= 11 is 2.14. The van der Waals surface area contributed by atoms with Crippen LogP contribution in [-0.2, 0) is 30.4 Å². The number of amides is 2. The number of aromatic nitrogens is 4. The number of thioether (sulfide) groups is 2. The Morgan fingerprint density at radius 3 is 2.64 bits per heavy atom. The van der Waals surface area contributed by atoms with Crippen molar-refractivity contribution in [1.82, 2.24) is 30.4 Å². The zero-order valence-corrected chi connectivity index (χ0v) is 23.0. The largest absolute Gasteiger partial charge is 1.00 e. The normalized spacial score (nSPS) is 20.2. The molecule has 1 aromatic heterocycles. The van der Waals surface area contributed by atoms with Gasteiger partial charge < -0.3 is 20.1 Å². The Morgan fingerprint density at radius 1 is 1.31 bits per heavy atom. The number of rotatable bonds is 9. The molecule has 18 heteroatoms. The van der Waals surface area contributed by atoms with Crippen molar-refractivity contribution in [2.24, 2.45) is 0 Å². The molecule has 2 aliphatic rings. The fourth-order valence-electron chi connectivity index (χ4n) is 3.50. The molecule has 1 aromatic carbocycles. The fraction of sp³-hybridized carbons (Fsp3) is 0.333. The van der Waals surface area contributed by atoms with E-state index < -0.39 is 51.3 Å². The van der Waals surface area contributed by atoms with E-state index in [1.807, 2.05) is 0 Å². The third-order valence-electron chi connectivity index (χ3n) is 5.07. The van der Waals surface area contributed by atoms with Gasteiger partial charge in [0.05, 0.1) is 0 Å². The van der Waals surface area contributed by atoms with E-state index in [9.17, 15) is 37.6 Å². The summed E-state index contributed by atoms with van der Waals surface area (Å²) in [5.41, 5.74) is 0.448. The van der Waals surface area contributed by atoms with Crippen LogP contribution in [0.25, 0.3) is 0 Å². The second kappa shape index (κ2) is 11.6. The number of tetrazole rings is 1. The van der Waals surface area contributed by atoms with Crippen molar-refractivity contribution in [1.29, 1.82) is 0 Å². The second-order valence-corrected chi connectivity index (χ2v) is 10.8. The number of carbonyl (C=O) groups is 3. The van der Waals surface area contributed by atoms with Crippen LogP contribution in [-0.4, -0.2) is 89.0 Å². The number of carboxylic acids is 1. The summed E-state index contributed by atoms with van der Waals surface area (Å²) in [5, 5.41) is 32.2. The van der Waals surface area contributed by atoms with E-state index in [2.05, 4.69) is 20.8 Å². The average molecular weight is 565 g/mol. The Balaban J connectivity index is 0.00000361. The van der Waals surface area contributed by atoms with E-state index in [4.69, 9.17) is 0 Å². The van der Waals surface area contributed by atoms with Gasteiger partial charge in [-0.1, -0.05) is 42.1 Å². The van der Waals surface area contributed by atoms with Crippen molar-refractivity contribution in [3.05, 3.63) is 47.2 Å². The SMILES string of the molecule is O=C(O)C1=C(CSc2nnnn2CS(=O)(=O)[O-])CS[C@@H]2[C@H](NC(=O)[C@H](O)c3ccccc3)C(=O)N12.[Na+]. The third-order valence-corrected chi connectivity index (χ3v) is 8.01. The number of hydrogen-bond acceptors (Lipinski definition) is 12. The van der Waals surface area contributed by atoms with Gasteiger partial charge in [0, 0.05) is 11.5 Å². The van der Waals surface area contributed by atoms with Gasteiger partial charge in [-0.15, -0.1) is 16.9 Å². The maximum atomic E-state index is 12.8. The second-order valence-electron chi connectivity index (χ2n) is 7.40. The van der Waals surface area contributed by atoms with E-state index in [0.717, 1.165) is 21.3 Å². The molecule has 36 heavy (non-hydrogen) atoms. The van der Waals surface area contributed by atoms with Crippen LogP contribution in [0.4, 0.5) is 0 Å². The molecule has 0 bridgehead atoms. The maximum Gasteiger partial charge on any atom is 1.00 e. The molecule has 3 heterocycles. The molecular weight excluding hydrogens is 547 g/mol. The molecule has 0 saturated carbocycles. The van der Waals surface area contributed by atoms with Crippen molar-refractivity contribution >= 4 is 51.4 Å². The van der Waals surface area contributed by atoms with Gasteiger partial charge in [0.1, 0.15) is 33.1 Å². The minimum Gasteiger partial charge on any atom is -0.747 e. The van der Waals surface area contributed by atoms with Gasteiger partial charge in [0.2, 0.25) is 5.16 Å². The van der Waals surface area contributed by atoms with Crippen molar-refractivity contribution < 1.29 is 67.1 Å². The van der Waals surface area contributed by atoms with Crippen molar-refractivity contribution in [3.8, 4) is 0 Å². The molecule has 3 atom stereocenters. The van der Waals surface area contributed by atoms with E-state index >= 15 is 0 Å². The summed E-state index contributed by atoms with van der Waals surface area (Å²) in [4.78, 5) is 38.3. The zero-order chi connectivity index (χ0) is 25.3. The van der Waals surface area contributed by atoms with E-state index in [0.29, 0.717) is 11.1 Å². The third kappa shape index (κ3) is 6.10. The van der Waals surface area contributed by atoms with Gasteiger partial charge in [-0.25, -0.2) is 17.9 Å². The van der Waals surface area contributed by atoms with Gasteiger partial charge in [0.25, 0.3) is 11.8 Å². The quantitative estimate of drug-likeness (QED) is 0.114. The van der Waals surface area contributed by atoms with Gasteiger partial charge in [-0.2, -0.15) is 0 Å². The van der Waals surface area contributed by atoms with Crippen LogP contribution < -0.4 is 34.9 Å². The number of nitrogens with one attached hydrogen (secondary N) is 1. The summed E-state index contributed by atoms with van der Waals surface area (Å²) in [5.74, 6) is -3.55. The van der Waals surface area contributed by atoms with Crippen LogP contribution in [0.15, 0.2) is 46.8 Å². The topological polar surface area (TPSA) is 208 Å². The van der Waals surface area contributed by atoms with Crippen LogP contribution in [0.5, 0.6) is 0 Å². The van der Waals surface area contributed by atoms with Gasteiger partial charge in [-0.3, -0.25) is 14.5 Å². The van der Waals surface area contributed by atoms with Crippen LogP contribution in [0.2, 0.25) is 0 Å². The molecule has 2 aromatic rings. The Kier molecular flexibility index (Phi) is 9.20. The van der Waals surface area contributed by atoms with Crippen molar-refractivity contribution in [2.45, 2.75) is 28.6 Å². The predicted molar refractivity (Wildman–Crippen MR) is 119 cm³/mol. The molecule has 4 rings (SSSR count). The van der Waals surface area contributed by atoms with E-state index in [1.165, 1.54) is 11.8 Å². The first kappa shape index (κ1) is 28.6. The predicted octanol–water partition coefficient (Wildman–Crippen LogP) is -4.26. The molecule has 2 amide bonds. The smallest absolute Gasteiger partial charge is 0.747 e. The number of aliphatic hydroxyl groups is 1. The number of benzene rings is 1. The molecule has 0 unspecified atom stereocenters. The van der Waals surface area contributed by atoms with Crippen LogP contribution in [0.1, 0.15) is 11.7 Å². The molecule has 1 saturated heterocycles. The number of aliphatic carboxylic acids is 1. The van der Waals surface area contributed by atoms with Crippen LogP contribution >= 0.6 is 23.5 Å². The minimum atomic E-state index is -4.65. The number of carbonyl (C=O) groups excluding carboxylic acids is 2. The molecule has 1 fully saturated rings. The Hall–Kier alpha value is -1.99. The first-order valence-corrected chi connectivity index (χ1v) is 13.4. The average Bonchev–Trinajstić information content (AvgIpc) is 3.25. The number of aliphatic hydroxyl groups excluding tert-OH is 1. The number of fused-ring (bicyclic) bond motifs is 1. The Morgan fingerprint density at radius 2 is 2.00 bits per heavy atom. The number of carboxylic acid groups (broad SMARTS) is 1. The fourth-order valence-corrected chi connectivity index (χ4v) is 6.41. The van der Waals surface area contributed by atoms with Crippen LogP contribution in [0.3, 0.4) is 0 Å². The molecule has 2 aliphatic heterocycles. The summed E-state index contributed by atoms with van der Waals surface area (Å²) in [7, 11) is -4.65. The standard InChI is InChI=1S/C18H18N6O8S3.Na/c25-13(9-4-2-1-3-5-9)14(26)19-11-15(27)24-12(17(28)29)10(6-33-16(11)24)7-34-18-20-21-22-23(18)8-35(30,31)32;/h1-5,11,13,16,25H,6-8H2,(H,19,26)(H,28,29)(H,30,31,32);/q;+1/p-1/t11-,13-,16-;/m1./s1. The van der Waals surface area contributed by atoms with Gasteiger partial charge in [0.15, 0.2) is 6.10 Å². The summed E-state index contributed by atoms with van der Waals surface area (Å²) in [6, 6.07) is 7.14. The Bertz CT molecular complexity index is 1300. The first-order valence-electron chi connectivity index (χ1n) is 9.82. The molecule has 14 nitrogen and oxygen atoms in total. The number of nitrogens with zero attached hydrogens (tertiary/aromatic N) is 5. The molecule has 186 valence electrons. The van der Waals surface area contributed by atoms with Crippen molar-refractivity contribution in [2.75, 3.05) is 11.5 Å². The molecule has 0 aliphatic carbocycles. The zero-order valence-electron chi connectivity index (χ0n) is 18.5.